The fourth-order valence-electron chi connectivity index (χ4n) is 6.45. The highest BCUT2D eigenvalue weighted by Gasteiger charge is 2.63. The number of aromatic nitrogens is 2. The molecule has 0 spiro atoms. The first-order chi connectivity index (χ1) is 21.0. The third-order valence-corrected chi connectivity index (χ3v) is 9.09. The number of rotatable bonds is 12. The SMILES string of the molecule is COc1cccc(OCc2ccccc2)c1-c1cc(C(=O)N[C@@]2(CC(=O)NCC(=O)O)CC2(C)C)nn1C1CCCC(C)C1. The van der Waals surface area contributed by atoms with Gasteiger partial charge < -0.3 is 25.2 Å². The Labute approximate surface area is 258 Å². The molecule has 10 nitrogen and oxygen atoms in total. The number of carboxylic acid groups (broad SMARTS) is 1. The van der Waals surface area contributed by atoms with Gasteiger partial charge in [0.05, 0.1) is 36.4 Å². The molecule has 2 fully saturated rings. The number of nitrogens with one attached hydrogen (secondary N) is 2. The van der Waals surface area contributed by atoms with Crippen LogP contribution in [-0.2, 0) is 16.2 Å². The molecule has 3 atom stereocenters. The average molecular weight is 603 g/mol. The Morgan fingerprint density at radius 3 is 2.45 bits per heavy atom. The topological polar surface area (TPSA) is 132 Å². The highest BCUT2D eigenvalue weighted by atomic mass is 16.5. The largest absolute Gasteiger partial charge is 0.496 e. The predicted octanol–water partition coefficient (Wildman–Crippen LogP) is 5.38. The zero-order valence-electron chi connectivity index (χ0n) is 25.9. The zero-order valence-corrected chi connectivity index (χ0v) is 25.9. The second-order valence-corrected chi connectivity index (χ2v) is 12.8. The number of carbonyl (C=O) groups is 3. The van der Waals surface area contributed by atoms with Gasteiger partial charge in [0, 0.05) is 0 Å². The van der Waals surface area contributed by atoms with E-state index in [0.717, 1.165) is 42.5 Å². The van der Waals surface area contributed by atoms with Crippen LogP contribution in [0, 0.1) is 11.3 Å². The lowest BCUT2D eigenvalue weighted by Crippen LogP contribution is -2.45. The van der Waals surface area contributed by atoms with Crippen LogP contribution in [0.15, 0.2) is 54.6 Å². The summed E-state index contributed by atoms with van der Waals surface area (Å²) in [6.45, 7) is 6.11. The van der Waals surface area contributed by atoms with Crippen LogP contribution in [-0.4, -0.2) is 51.9 Å². The highest BCUT2D eigenvalue weighted by Crippen LogP contribution is 2.57. The lowest BCUT2D eigenvalue weighted by Gasteiger charge is -2.29. The van der Waals surface area contributed by atoms with Gasteiger partial charge in [-0.15, -0.1) is 0 Å². The number of methoxy groups -OCH3 is 1. The third-order valence-electron chi connectivity index (χ3n) is 9.09. The molecule has 0 aliphatic heterocycles. The Morgan fingerprint density at radius 1 is 1.07 bits per heavy atom. The molecule has 3 aromatic rings. The van der Waals surface area contributed by atoms with E-state index in [4.69, 9.17) is 19.7 Å². The minimum atomic E-state index is -1.12. The minimum absolute atomic E-state index is 0.0172. The van der Waals surface area contributed by atoms with Crippen LogP contribution < -0.4 is 20.1 Å². The Morgan fingerprint density at radius 2 is 1.80 bits per heavy atom. The summed E-state index contributed by atoms with van der Waals surface area (Å²) in [5.74, 6) is -0.163. The maximum absolute atomic E-state index is 13.9. The number of carbonyl (C=O) groups excluding carboxylic acids is 2. The van der Waals surface area contributed by atoms with Crippen molar-refractivity contribution in [3.63, 3.8) is 0 Å². The number of hydrogen-bond acceptors (Lipinski definition) is 6. The van der Waals surface area contributed by atoms with E-state index < -0.39 is 24.0 Å². The maximum Gasteiger partial charge on any atom is 0.322 e. The molecule has 0 saturated heterocycles. The van der Waals surface area contributed by atoms with Gasteiger partial charge in [0.2, 0.25) is 5.91 Å². The van der Waals surface area contributed by atoms with Gasteiger partial charge in [-0.3, -0.25) is 19.1 Å². The molecular weight excluding hydrogens is 560 g/mol. The van der Waals surface area contributed by atoms with Crippen molar-refractivity contribution in [1.82, 2.24) is 20.4 Å². The summed E-state index contributed by atoms with van der Waals surface area (Å²) >= 11 is 0. The standard InChI is InChI=1S/C34H42N4O6/c1-22-10-8-13-24(16-22)38-26(31-27(43-4)14-9-15-28(31)44-20-23-11-6-5-7-12-23)17-25(37-38)32(42)36-34(21-33(34,2)3)18-29(39)35-19-30(40)41/h5-7,9,11-12,14-15,17,22,24H,8,10,13,16,18-21H2,1-4H3,(H,35,39)(H,36,42)(H,40,41)/t22?,24?,34-/m0/s1. The molecule has 2 aromatic carbocycles. The second-order valence-electron chi connectivity index (χ2n) is 12.8. The van der Waals surface area contributed by atoms with Crippen molar-refractivity contribution < 1.29 is 29.0 Å². The number of nitrogens with zero attached hydrogens (tertiary/aromatic N) is 2. The van der Waals surface area contributed by atoms with E-state index in [2.05, 4.69) is 17.6 Å². The van der Waals surface area contributed by atoms with Crippen LogP contribution in [0.3, 0.4) is 0 Å². The normalized spacial score (nSPS) is 22.1. The Balaban J connectivity index is 1.49. The van der Waals surface area contributed by atoms with E-state index in [1.54, 1.807) is 13.2 Å². The molecular formula is C34H42N4O6. The molecule has 1 aromatic heterocycles. The van der Waals surface area contributed by atoms with Crippen LogP contribution in [0.5, 0.6) is 11.5 Å². The maximum atomic E-state index is 13.9. The van der Waals surface area contributed by atoms with Crippen molar-refractivity contribution in [3.05, 3.63) is 65.9 Å². The van der Waals surface area contributed by atoms with Crippen LogP contribution in [0.1, 0.15) is 81.4 Å². The number of amides is 2. The van der Waals surface area contributed by atoms with E-state index in [-0.39, 0.29) is 29.5 Å². The van der Waals surface area contributed by atoms with Crippen molar-refractivity contribution in [1.29, 1.82) is 0 Å². The van der Waals surface area contributed by atoms with Gasteiger partial charge >= 0.3 is 5.97 Å². The molecule has 0 radical (unpaired) electrons. The number of aliphatic carboxylic acids is 1. The van der Waals surface area contributed by atoms with Crippen LogP contribution >= 0.6 is 0 Å². The van der Waals surface area contributed by atoms with Crippen molar-refractivity contribution in [2.75, 3.05) is 13.7 Å². The summed E-state index contributed by atoms with van der Waals surface area (Å²) in [6, 6.07) is 17.5. The van der Waals surface area contributed by atoms with Crippen molar-refractivity contribution >= 4 is 17.8 Å². The molecule has 0 bridgehead atoms. The van der Waals surface area contributed by atoms with Crippen molar-refractivity contribution in [2.24, 2.45) is 11.3 Å². The van der Waals surface area contributed by atoms with E-state index in [1.165, 1.54) is 0 Å². The molecule has 234 valence electrons. The summed E-state index contributed by atoms with van der Waals surface area (Å²) in [6.07, 6.45) is 4.67. The monoisotopic (exact) mass is 602 g/mol. The van der Waals surface area contributed by atoms with Gasteiger partial charge in [-0.25, -0.2) is 0 Å². The third kappa shape index (κ3) is 6.74. The van der Waals surface area contributed by atoms with Gasteiger partial charge in [-0.1, -0.05) is 70.0 Å². The molecule has 1 heterocycles. The van der Waals surface area contributed by atoms with Gasteiger partial charge in [0.15, 0.2) is 5.69 Å². The van der Waals surface area contributed by atoms with Gasteiger partial charge in [-0.05, 0) is 54.4 Å². The first-order valence-electron chi connectivity index (χ1n) is 15.3. The van der Waals surface area contributed by atoms with Crippen LogP contribution in [0.2, 0.25) is 0 Å². The molecule has 2 aliphatic rings. The fourth-order valence-corrected chi connectivity index (χ4v) is 6.45. The Hall–Kier alpha value is -4.34. The summed E-state index contributed by atoms with van der Waals surface area (Å²) in [5, 5.41) is 19.4. The molecule has 44 heavy (non-hydrogen) atoms. The van der Waals surface area contributed by atoms with E-state index in [0.29, 0.717) is 30.4 Å². The predicted molar refractivity (Wildman–Crippen MR) is 166 cm³/mol. The molecule has 2 saturated carbocycles. The van der Waals surface area contributed by atoms with Crippen molar-refractivity contribution in [3.8, 4) is 22.8 Å². The Bertz CT molecular complexity index is 1520. The first kappa shape index (κ1) is 31.1. The summed E-state index contributed by atoms with van der Waals surface area (Å²) in [4.78, 5) is 37.4. The second kappa shape index (κ2) is 12.7. The lowest BCUT2D eigenvalue weighted by molar-refractivity contribution is -0.138. The van der Waals surface area contributed by atoms with Gasteiger partial charge in [0.1, 0.15) is 24.7 Å². The molecule has 5 rings (SSSR count). The van der Waals surface area contributed by atoms with Crippen LogP contribution in [0.4, 0.5) is 0 Å². The highest BCUT2D eigenvalue weighted by molar-refractivity contribution is 5.95. The summed E-state index contributed by atoms with van der Waals surface area (Å²) in [5.41, 5.74) is 1.59. The molecule has 2 amide bonds. The summed E-state index contributed by atoms with van der Waals surface area (Å²) < 4.78 is 14.1. The summed E-state index contributed by atoms with van der Waals surface area (Å²) in [7, 11) is 1.62. The Kier molecular flexibility index (Phi) is 8.99. The fraction of sp³-hybridized carbons (Fsp3) is 0.471. The van der Waals surface area contributed by atoms with Gasteiger partial charge in [0.25, 0.3) is 5.91 Å². The molecule has 2 aliphatic carbocycles. The minimum Gasteiger partial charge on any atom is -0.496 e. The van der Waals surface area contributed by atoms with E-state index in [9.17, 15) is 14.4 Å². The van der Waals surface area contributed by atoms with Gasteiger partial charge in [-0.2, -0.15) is 5.10 Å². The molecule has 3 N–H and O–H groups in total. The number of hydrogen-bond donors (Lipinski definition) is 3. The molecule has 2 unspecified atom stereocenters. The number of benzene rings is 2. The van der Waals surface area contributed by atoms with Crippen molar-refractivity contribution in [2.45, 2.75) is 77.5 Å². The zero-order chi connectivity index (χ0) is 31.5. The quantitative estimate of drug-likeness (QED) is 0.254. The van der Waals surface area contributed by atoms with E-state index in [1.807, 2.05) is 67.1 Å². The first-order valence-corrected chi connectivity index (χ1v) is 15.3. The number of carboxylic acids is 1. The number of ether oxygens (including phenoxy) is 2. The smallest absolute Gasteiger partial charge is 0.322 e. The molecule has 10 heteroatoms. The van der Waals surface area contributed by atoms with E-state index >= 15 is 0 Å². The lowest BCUT2D eigenvalue weighted by atomic mass is 9.87. The van der Waals surface area contributed by atoms with Crippen LogP contribution in [0.25, 0.3) is 11.3 Å². The average Bonchev–Trinajstić information content (AvgIpc) is 3.29.